The Balaban J connectivity index is 1.54. The van der Waals surface area contributed by atoms with E-state index in [1.807, 2.05) is 18.7 Å². The predicted molar refractivity (Wildman–Crippen MR) is 97.8 cm³/mol. The number of carbonyl (C=O) groups excluding carboxylic acids is 1. The molecule has 1 amide bonds. The second-order valence-corrected chi connectivity index (χ2v) is 7.11. The first kappa shape index (κ1) is 18.3. The molecule has 140 valence electrons. The van der Waals surface area contributed by atoms with Gasteiger partial charge in [0.2, 0.25) is 11.9 Å². The number of hydrogen-bond acceptors (Lipinski definition) is 6. The molecular formula is C18H26N6O2. The fourth-order valence-electron chi connectivity index (χ4n) is 3.51. The first-order chi connectivity index (χ1) is 12.4. The maximum absolute atomic E-state index is 12.5. The van der Waals surface area contributed by atoms with Crippen LogP contribution in [0.3, 0.4) is 0 Å². The third-order valence-electron chi connectivity index (χ3n) is 4.99. The van der Waals surface area contributed by atoms with Crippen molar-refractivity contribution in [2.45, 2.75) is 38.7 Å². The van der Waals surface area contributed by atoms with Crippen molar-refractivity contribution >= 4 is 11.9 Å². The molecule has 8 heteroatoms. The first-order valence-corrected chi connectivity index (χ1v) is 8.87. The topological polar surface area (TPSA) is 98.2 Å². The van der Waals surface area contributed by atoms with Crippen molar-refractivity contribution in [3.63, 3.8) is 0 Å². The highest BCUT2D eigenvalue weighted by Gasteiger charge is 2.38. The standard InChI is InChI=1S/C18H26N6O2/c1-13-15(14(2)22-21-13)5-6-16(25)23(3)11-18(26)7-10-24(12-18)17-19-8-4-9-20-17/h4,8-9,26H,5-7,10-12H2,1-3H3,(H,21,22)/t18-/m1/s1. The zero-order valence-corrected chi connectivity index (χ0v) is 15.6. The van der Waals surface area contributed by atoms with E-state index in [9.17, 15) is 9.90 Å². The van der Waals surface area contributed by atoms with Gasteiger partial charge in [-0.05, 0) is 38.3 Å². The Morgan fingerprint density at radius 1 is 1.38 bits per heavy atom. The summed E-state index contributed by atoms with van der Waals surface area (Å²) >= 11 is 0. The normalized spacial score (nSPS) is 19.8. The van der Waals surface area contributed by atoms with Gasteiger partial charge in [0.05, 0.1) is 18.8 Å². The lowest BCUT2D eigenvalue weighted by Crippen LogP contribution is -2.46. The Bertz CT molecular complexity index is 743. The van der Waals surface area contributed by atoms with Crippen molar-refractivity contribution in [2.75, 3.05) is 31.6 Å². The number of anilines is 1. The van der Waals surface area contributed by atoms with Crippen LogP contribution >= 0.6 is 0 Å². The third-order valence-corrected chi connectivity index (χ3v) is 4.99. The zero-order valence-electron chi connectivity index (χ0n) is 15.6. The van der Waals surface area contributed by atoms with Crippen LogP contribution in [0.5, 0.6) is 0 Å². The number of nitrogens with one attached hydrogen (secondary N) is 1. The molecule has 0 unspecified atom stereocenters. The molecule has 1 atom stereocenters. The largest absolute Gasteiger partial charge is 0.386 e. The van der Waals surface area contributed by atoms with Crippen LogP contribution in [0.2, 0.25) is 0 Å². The SMILES string of the molecule is Cc1n[nH]c(C)c1CCC(=O)N(C)C[C@]1(O)CCN(c2ncccn2)C1. The molecule has 2 N–H and O–H groups in total. The molecule has 0 saturated carbocycles. The van der Waals surface area contributed by atoms with E-state index in [4.69, 9.17) is 0 Å². The molecule has 0 spiro atoms. The van der Waals surface area contributed by atoms with Gasteiger partial charge < -0.3 is 14.9 Å². The van der Waals surface area contributed by atoms with E-state index in [0.717, 1.165) is 17.0 Å². The number of β-amino-alcohol motifs (C(OH)–C–C–N with tert-alkyl or cyclic N) is 1. The van der Waals surface area contributed by atoms with E-state index in [1.54, 1.807) is 30.4 Å². The fourth-order valence-corrected chi connectivity index (χ4v) is 3.51. The van der Waals surface area contributed by atoms with Gasteiger partial charge in [0.1, 0.15) is 5.60 Å². The van der Waals surface area contributed by atoms with Gasteiger partial charge in [0.25, 0.3) is 0 Å². The highest BCUT2D eigenvalue weighted by atomic mass is 16.3. The van der Waals surface area contributed by atoms with Crippen molar-refractivity contribution in [1.29, 1.82) is 0 Å². The summed E-state index contributed by atoms with van der Waals surface area (Å²) in [6.07, 6.45) is 5.02. The van der Waals surface area contributed by atoms with Gasteiger partial charge in [0, 0.05) is 38.1 Å². The van der Waals surface area contributed by atoms with Gasteiger partial charge in [-0.15, -0.1) is 0 Å². The maximum atomic E-state index is 12.5. The minimum atomic E-state index is -0.939. The number of aliphatic hydroxyl groups is 1. The summed E-state index contributed by atoms with van der Waals surface area (Å²) < 4.78 is 0. The van der Waals surface area contributed by atoms with E-state index in [2.05, 4.69) is 20.2 Å². The Labute approximate surface area is 153 Å². The van der Waals surface area contributed by atoms with Crippen molar-refractivity contribution in [2.24, 2.45) is 0 Å². The number of H-pyrrole nitrogens is 1. The summed E-state index contributed by atoms with van der Waals surface area (Å²) in [6.45, 7) is 5.31. The van der Waals surface area contributed by atoms with Crippen molar-refractivity contribution in [1.82, 2.24) is 25.1 Å². The average Bonchev–Trinajstić information content (AvgIpc) is 3.16. The lowest BCUT2D eigenvalue weighted by atomic mass is 10.0. The van der Waals surface area contributed by atoms with Crippen LogP contribution in [0.25, 0.3) is 0 Å². The minimum Gasteiger partial charge on any atom is -0.386 e. The van der Waals surface area contributed by atoms with Gasteiger partial charge in [-0.25, -0.2) is 9.97 Å². The number of carbonyl (C=O) groups is 1. The molecule has 0 aliphatic carbocycles. The molecule has 26 heavy (non-hydrogen) atoms. The van der Waals surface area contributed by atoms with Crippen LogP contribution in [0.4, 0.5) is 5.95 Å². The van der Waals surface area contributed by atoms with Crippen molar-refractivity contribution < 1.29 is 9.90 Å². The van der Waals surface area contributed by atoms with Crippen LogP contribution in [0.1, 0.15) is 29.8 Å². The van der Waals surface area contributed by atoms with Crippen molar-refractivity contribution in [3.8, 4) is 0 Å². The van der Waals surface area contributed by atoms with E-state index >= 15 is 0 Å². The second-order valence-electron chi connectivity index (χ2n) is 7.11. The van der Waals surface area contributed by atoms with E-state index in [0.29, 0.717) is 44.8 Å². The molecule has 0 bridgehead atoms. The molecule has 0 aromatic carbocycles. The predicted octanol–water partition coefficient (Wildman–Crippen LogP) is 0.849. The molecule has 3 rings (SSSR count). The lowest BCUT2D eigenvalue weighted by molar-refractivity contribution is -0.132. The number of aryl methyl sites for hydroxylation is 2. The maximum Gasteiger partial charge on any atom is 0.225 e. The smallest absolute Gasteiger partial charge is 0.225 e. The van der Waals surface area contributed by atoms with E-state index in [-0.39, 0.29) is 5.91 Å². The Morgan fingerprint density at radius 2 is 2.12 bits per heavy atom. The van der Waals surface area contributed by atoms with Crippen LogP contribution < -0.4 is 4.90 Å². The number of aromatic nitrogens is 4. The molecule has 1 fully saturated rings. The van der Waals surface area contributed by atoms with Crippen LogP contribution in [-0.4, -0.2) is 68.4 Å². The number of amides is 1. The van der Waals surface area contributed by atoms with Gasteiger partial charge in [-0.2, -0.15) is 5.10 Å². The van der Waals surface area contributed by atoms with Gasteiger partial charge in [0.15, 0.2) is 0 Å². The quantitative estimate of drug-likeness (QED) is 0.794. The first-order valence-electron chi connectivity index (χ1n) is 8.87. The molecule has 2 aromatic rings. The average molecular weight is 358 g/mol. The highest BCUT2D eigenvalue weighted by Crippen LogP contribution is 2.25. The molecule has 1 saturated heterocycles. The molecular weight excluding hydrogens is 332 g/mol. The van der Waals surface area contributed by atoms with Gasteiger partial charge >= 0.3 is 0 Å². The Morgan fingerprint density at radius 3 is 2.77 bits per heavy atom. The number of aromatic amines is 1. The summed E-state index contributed by atoms with van der Waals surface area (Å²) in [5.41, 5.74) is 2.10. The molecule has 8 nitrogen and oxygen atoms in total. The van der Waals surface area contributed by atoms with Crippen LogP contribution in [0.15, 0.2) is 18.5 Å². The summed E-state index contributed by atoms with van der Waals surface area (Å²) in [5, 5.41) is 18.0. The second kappa shape index (κ2) is 7.41. The Hall–Kier alpha value is -2.48. The number of hydrogen-bond donors (Lipinski definition) is 2. The molecule has 3 heterocycles. The summed E-state index contributed by atoms with van der Waals surface area (Å²) in [6, 6.07) is 1.77. The van der Waals surface area contributed by atoms with E-state index < -0.39 is 5.60 Å². The molecule has 1 aliphatic heterocycles. The monoisotopic (exact) mass is 358 g/mol. The van der Waals surface area contributed by atoms with Crippen LogP contribution in [0, 0.1) is 13.8 Å². The summed E-state index contributed by atoms with van der Waals surface area (Å²) in [7, 11) is 1.75. The third kappa shape index (κ3) is 4.01. The Kier molecular flexibility index (Phi) is 5.22. The highest BCUT2D eigenvalue weighted by molar-refractivity contribution is 5.76. The lowest BCUT2D eigenvalue weighted by Gasteiger charge is -2.29. The van der Waals surface area contributed by atoms with Crippen molar-refractivity contribution in [3.05, 3.63) is 35.4 Å². The minimum absolute atomic E-state index is 0.0211. The summed E-state index contributed by atoms with van der Waals surface area (Å²) in [4.78, 5) is 24.5. The molecule has 0 radical (unpaired) electrons. The number of likely N-dealkylation sites (N-methyl/N-ethyl adjacent to an activating group) is 1. The number of rotatable bonds is 6. The van der Waals surface area contributed by atoms with Gasteiger partial charge in [-0.1, -0.05) is 0 Å². The fraction of sp³-hybridized carbons (Fsp3) is 0.556. The molecule has 2 aromatic heterocycles. The van der Waals surface area contributed by atoms with Crippen LogP contribution in [-0.2, 0) is 11.2 Å². The van der Waals surface area contributed by atoms with E-state index in [1.165, 1.54) is 0 Å². The zero-order chi connectivity index (χ0) is 18.7. The number of nitrogens with zero attached hydrogens (tertiary/aromatic N) is 5. The summed E-state index contributed by atoms with van der Waals surface area (Å²) in [5.74, 6) is 0.635. The molecule has 1 aliphatic rings. The van der Waals surface area contributed by atoms with Gasteiger partial charge in [-0.3, -0.25) is 9.89 Å².